The van der Waals surface area contributed by atoms with Crippen molar-refractivity contribution in [3.8, 4) is 0 Å². The van der Waals surface area contributed by atoms with Gasteiger partial charge in [-0.2, -0.15) is 13.2 Å². The number of aromatic nitrogens is 1. The summed E-state index contributed by atoms with van der Waals surface area (Å²) in [5.41, 5.74) is -0.311. The lowest BCUT2D eigenvalue weighted by Crippen LogP contribution is -2.49. The van der Waals surface area contributed by atoms with E-state index in [9.17, 15) is 31.5 Å². The number of benzene rings is 2. The van der Waals surface area contributed by atoms with Gasteiger partial charge in [0.15, 0.2) is 0 Å². The van der Waals surface area contributed by atoms with Crippen LogP contribution in [0.4, 0.5) is 43.9 Å². The van der Waals surface area contributed by atoms with E-state index in [2.05, 4.69) is 15.6 Å². The number of carbonyl (C=O) groups excluding carboxylic acids is 2. The van der Waals surface area contributed by atoms with Gasteiger partial charge in [0.05, 0.1) is 17.4 Å². The van der Waals surface area contributed by atoms with Crippen molar-refractivity contribution in [3.63, 3.8) is 0 Å². The number of hydrogen-bond acceptors (Lipinski definition) is 4. The number of urea groups is 1. The SMILES string of the molecule is O=C(Nc1ccc(C(F)(F)F)cc1)Nc1ccc(N2CCN(C(=O)c3cc(F)cc(F)c3)CC2)nc1. The molecule has 188 valence electrons. The van der Waals surface area contributed by atoms with Crippen LogP contribution in [0.3, 0.4) is 0 Å². The lowest BCUT2D eigenvalue weighted by Gasteiger charge is -2.35. The molecule has 1 fully saturated rings. The van der Waals surface area contributed by atoms with E-state index in [1.807, 2.05) is 4.90 Å². The van der Waals surface area contributed by atoms with Gasteiger partial charge < -0.3 is 20.4 Å². The van der Waals surface area contributed by atoms with Crippen LogP contribution in [0, 0.1) is 11.6 Å². The van der Waals surface area contributed by atoms with Crippen molar-refractivity contribution in [1.29, 1.82) is 0 Å². The molecule has 0 aliphatic carbocycles. The number of anilines is 3. The quantitative estimate of drug-likeness (QED) is 0.490. The van der Waals surface area contributed by atoms with E-state index in [0.29, 0.717) is 43.8 Å². The topological polar surface area (TPSA) is 77.6 Å². The molecule has 0 atom stereocenters. The Balaban J connectivity index is 1.29. The predicted octanol–water partition coefficient (Wildman–Crippen LogP) is 4.99. The van der Waals surface area contributed by atoms with Gasteiger partial charge in [0.1, 0.15) is 17.5 Å². The number of halogens is 5. The summed E-state index contributed by atoms with van der Waals surface area (Å²) in [5.74, 6) is -1.49. The number of piperazine rings is 1. The van der Waals surface area contributed by atoms with Crippen molar-refractivity contribution in [2.24, 2.45) is 0 Å². The average molecular weight is 505 g/mol. The van der Waals surface area contributed by atoms with E-state index in [1.54, 1.807) is 12.1 Å². The molecule has 0 bridgehead atoms. The van der Waals surface area contributed by atoms with Gasteiger partial charge in [-0.1, -0.05) is 0 Å². The van der Waals surface area contributed by atoms with Crippen LogP contribution in [0.15, 0.2) is 60.8 Å². The lowest BCUT2D eigenvalue weighted by molar-refractivity contribution is -0.137. The minimum absolute atomic E-state index is 0.0518. The van der Waals surface area contributed by atoms with Crippen LogP contribution in [-0.4, -0.2) is 48.0 Å². The summed E-state index contributed by atoms with van der Waals surface area (Å²) < 4.78 is 64.7. The predicted molar refractivity (Wildman–Crippen MR) is 123 cm³/mol. The summed E-state index contributed by atoms with van der Waals surface area (Å²) in [6.07, 6.45) is -3.04. The first-order valence-corrected chi connectivity index (χ1v) is 10.8. The summed E-state index contributed by atoms with van der Waals surface area (Å²) in [4.78, 5) is 32.4. The number of rotatable bonds is 4. The molecule has 4 rings (SSSR count). The van der Waals surface area contributed by atoms with E-state index >= 15 is 0 Å². The normalized spacial score (nSPS) is 13.9. The first kappa shape index (κ1) is 24.9. The molecule has 3 amide bonds. The highest BCUT2D eigenvalue weighted by atomic mass is 19.4. The van der Waals surface area contributed by atoms with E-state index in [0.717, 1.165) is 36.4 Å². The molecule has 0 unspecified atom stereocenters. The Kier molecular flexibility index (Phi) is 7.04. The Bertz CT molecular complexity index is 1220. The minimum atomic E-state index is -4.46. The lowest BCUT2D eigenvalue weighted by atomic mass is 10.1. The number of alkyl halides is 3. The maximum atomic E-state index is 13.4. The van der Waals surface area contributed by atoms with Crippen LogP contribution >= 0.6 is 0 Å². The molecule has 1 aliphatic heterocycles. The third-order valence-electron chi connectivity index (χ3n) is 5.48. The molecule has 12 heteroatoms. The number of amides is 3. The maximum absolute atomic E-state index is 13.4. The molecule has 0 radical (unpaired) electrons. The molecule has 1 aromatic heterocycles. The van der Waals surface area contributed by atoms with Gasteiger partial charge in [0.25, 0.3) is 5.91 Å². The first-order chi connectivity index (χ1) is 17.1. The van der Waals surface area contributed by atoms with Crippen molar-refractivity contribution in [2.75, 3.05) is 41.7 Å². The Morgan fingerprint density at radius 2 is 1.39 bits per heavy atom. The number of nitrogens with one attached hydrogen (secondary N) is 2. The van der Waals surface area contributed by atoms with Gasteiger partial charge >= 0.3 is 12.2 Å². The third kappa shape index (κ3) is 6.06. The number of hydrogen-bond donors (Lipinski definition) is 2. The second kappa shape index (κ2) is 10.2. The largest absolute Gasteiger partial charge is 0.416 e. The molecule has 7 nitrogen and oxygen atoms in total. The van der Waals surface area contributed by atoms with Crippen molar-refractivity contribution < 1.29 is 31.5 Å². The zero-order valence-corrected chi connectivity index (χ0v) is 18.6. The highest BCUT2D eigenvalue weighted by Gasteiger charge is 2.30. The van der Waals surface area contributed by atoms with Crippen molar-refractivity contribution in [2.45, 2.75) is 6.18 Å². The van der Waals surface area contributed by atoms with Crippen LogP contribution in [0.5, 0.6) is 0 Å². The van der Waals surface area contributed by atoms with E-state index in [4.69, 9.17) is 0 Å². The van der Waals surface area contributed by atoms with Gasteiger partial charge in [-0.05, 0) is 48.5 Å². The average Bonchev–Trinajstić information content (AvgIpc) is 2.83. The molecule has 36 heavy (non-hydrogen) atoms. The summed E-state index contributed by atoms with van der Waals surface area (Å²) in [6.45, 7) is 1.54. The Labute approximate surface area is 202 Å². The Hall–Kier alpha value is -4.22. The molecular formula is C24H20F5N5O2. The van der Waals surface area contributed by atoms with Gasteiger partial charge in [-0.3, -0.25) is 4.79 Å². The highest BCUT2D eigenvalue weighted by molar-refractivity contribution is 5.99. The maximum Gasteiger partial charge on any atom is 0.416 e. The highest BCUT2D eigenvalue weighted by Crippen LogP contribution is 2.29. The van der Waals surface area contributed by atoms with Crippen molar-refractivity contribution in [3.05, 3.63) is 83.6 Å². The standard InChI is InChI=1S/C24H20F5N5O2/c25-17-11-15(12-18(26)13-17)22(35)34-9-7-33(8-10-34)21-6-5-20(14-30-21)32-23(36)31-19-3-1-16(2-4-19)24(27,28)29/h1-6,11-14H,7-10H2,(H2,31,32,36). The van der Waals surface area contributed by atoms with Crippen LogP contribution in [0.1, 0.15) is 15.9 Å². The van der Waals surface area contributed by atoms with Gasteiger partial charge in [-0.25, -0.2) is 18.6 Å². The van der Waals surface area contributed by atoms with E-state index < -0.39 is 35.3 Å². The van der Waals surface area contributed by atoms with Gasteiger partial charge in [-0.15, -0.1) is 0 Å². The van der Waals surface area contributed by atoms with Gasteiger partial charge in [0.2, 0.25) is 0 Å². The van der Waals surface area contributed by atoms with Crippen molar-refractivity contribution >= 4 is 29.1 Å². The molecule has 1 aliphatic rings. The fourth-order valence-corrected chi connectivity index (χ4v) is 3.68. The molecule has 1 saturated heterocycles. The molecule has 2 N–H and O–H groups in total. The monoisotopic (exact) mass is 505 g/mol. The molecule has 2 heterocycles. The molecule has 0 saturated carbocycles. The van der Waals surface area contributed by atoms with Crippen LogP contribution < -0.4 is 15.5 Å². The van der Waals surface area contributed by atoms with Gasteiger partial charge in [0, 0.05) is 43.5 Å². The second-order valence-electron chi connectivity index (χ2n) is 8.00. The molecule has 2 aromatic carbocycles. The second-order valence-corrected chi connectivity index (χ2v) is 8.00. The fourth-order valence-electron chi connectivity index (χ4n) is 3.68. The number of pyridine rings is 1. The smallest absolute Gasteiger partial charge is 0.353 e. The zero-order chi connectivity index (χ0) is 25.9. The number of carbonyl (C=O) groups is 2. The van der Waals surface area contributed by atoms with Crippen LogP contribution in [0.25, 0.3) is 0 Å². The zero-order valence-electron chi connectivity index (χ0n) is 18.6. The summed E-state index contributed by atoms with van der Waals surface area (Å²) in [6, 6.07) is 9.39. The Morgan fingerprint density at radius 3 is 1.94 bits per heavy atom. The summed E-state index contributed by atoms with van der Waals surface area (Å²) >= 11 is 0. The number of nitrogens with zero attached hydrogens (tertiary/aromatic N) is 3. The molecule has 3 aromatic rings. The Morgan fingerprint density at radius 1 is 0.806 bits per heavy atom. The fraction of sp³-hybridized carbons (Fsp3) is 0.208. The van der Waals surface area contributed by atoms with Crippen LogP contribution in [-0.2, 0) is 6.18 Å². The summed E-state index contributed by atoms with van der Waals surface area (Å²) in [7, 11) is 0. The van der Waals surface area contributed by atoms with Crippen LogP contribution in [0.2, 0.25) is 0 Å². The third-order valence-corrected chi connectivity index (χ3v) is 5.48. The van der Waals surface area contributed by atoms with E-state index in [-0.39, 0.29) is 11.3 Å². The van der Waals surface area contributed by atoms with E-state index in [1.165, 1.54) is 11.1 Å². The van der Waals surface area contributed by atoms with Crippen molar-refractivity contribution in [1.82, 2.24) is 9.88 Å². The molecule has 0 spiro atoms. The summed E-state index contributed by atoms with van der Waals surface area (Å²) in [5, 5.41) is 4.99. The molecular weight excluding hydrogens is 485 g/mol. The first-order valence-electron chi connectivity index (χ1n) is 10.8. The minimum Gasteiger partial charge on any atom is -0.353 e.